The van der Waals surface area contributed by atoms with Crippen molar-refractivity contribution in [1.29, 1.82) is 0 Å². The largest absolute Gasteiger partial charge is 0.363 e. The molecule has 0 radical (unpaired) electrons. The Hall–Kier alpha value is -0.0800. The first kappa shape index (κ1) is 11.0. The third kappa shape index (κ3) is 3.65. The predicted molar refractivity (Wildman–Crippen MR) is 55.7 cm³/mol. The molecule has 1 fully saturated rings. The molecule has 1 heterocycles. The minimum absolute atomic E-state index is 0.364. The lowest BCUT2D eigenvalue weighted by Gasteiger charge is -2.24. The second kappa shape index (κ2) is 5.61. The molecule has 0 aromatic carbocycles. The van der Waals surface area contributed by atoms with E-state index in [1.807, 2.05) is 0 Å². The highest BCUT2D eigenvalue weighted by molar-refractivity contribution is 4.76. The molecule has 2 heteroatoms. The van der Waals surface area contributed by atoms with E-state index in [1.165, 1.54) is 32.2 Å². The summed E-state index contributed by atoms with van der Waals surface area (Å²) in [6, 6.07) is 0.795. The van der Waals surface area contributed by atoms with Crippen LogP contribution < -0.4 is 0 Å². The Morgan fingerprint density at radius 2 is 2.23 bits per heavy atom. The molecule has 0 aromatic rings. The zero-order valence-corrected chi connectivity index (χ0v) is 9.25. The van der Waals surface area contributed by atoms with Gasteiger partial charge in [-0.2, -0.15) is 0 Å². The fourth-order valence-electron chi connectivity index (χ4n) is 1.97. The van der Waals surface area contributed by atoms with Gasteiger partial charge in [0.1, 0.15) is 0 Å². The Labute approximate surface area is 82.3 Å². The van der Waals surface area contributed by atoms with Gasteiger partial charge >= 0.3 is 0 Å². The zero-order chi connectivity index (χ0) is 9.68. The van der Waals surface area contributed by atoms with E-state index >= 15 is 0 Å². The van der Waals surface area contributed by atoms with Gasteiger partial charge in [0.15, 0.2) is 0 Å². The lowest BCUT2D eigenvalue weighted by molar-refractivity contribution is -0.0132. The fourth-order valence-corrected chi connectivity index (χ4v) is 1.97. The molecule has 1 aliphatic heterocycles. The molecule has 78 valence electrons. The van der Waals surface area contributed by atoms with Gasteiger partial charge in [-0.1, -0.05) is 13.3 Å². The lowest BCUT2D eigenvalue weighted by Crippen LogP contribution is -2.32. The smallest absolute Gasteiger partial charge is 0.0996 e. The topological polar surface area (TPSA) is 12.5 Å². The van der Waals surface area contributed by atoms with Crippen molar-refractivity contribution < 1.29 is 4.74 Å². The number of ether oxygens (including phenoxy) is 1. The van der Waals surface area contributed by atoms with Crippen molar-refractivity contribution >= 4 is 0 Å². The molecular formula is C11H23NO. The molecule has 1 unspecified atom stereocenters. The summed E-state index contributed by atoms with van der Waals surface area (Å²) in [4.78, 5) is 2.49. The van der Waals surface area contributed by atoms with Gasteiger partial charge in [-0.3, -0.25) is 4.90 Å². The second-order valence-corrected chi connectivity index (χ2v) is 4.24. The van der Waals surface area contributed by atoms with E-state index in [1.54, 1.807) is 0 Å². The molecule has 1 rings (SSSR count). The maximum atomic E-state index is 5.63. The highest BCUT2D eigenvalue weighted by Crippen LogP contribution is 2.20. The molecule has 0 N–H and O–H groups in total. The molecule has 0 spiro atoms. The average Bonchev–Trinajstić information content (AvgIpc) is 2.49. The maximum absolute atomic E-state index is 5.63. The quantitative estimate of drug-likeness (QED) is 0.653. The summed E-state index contributed by atoms with van der Waals surface area (Å²) in [6.07, 6.45) is 5.72. The first-order valence-electron chi connectivity index (χ1n) is 5.59. The summed E-state index contributed by atoms with van der Waals surface area (Å²) >= 11 is 0. The first-order valence-corrected chi connectivity index (χ1v) is 5.59. The van der Waals surface area contributed by atoms with Gasteiger partial charge in [0.25, 0.3) is 0 Å². The maximum Gasteiger partial charge on any atom is 0.0996 e. The van der Waals surface area contributed by atoms with E-state index < -0.39 is 0 Å². The third-order valence-electron chi connectivity index (χ3n) is 2.69. The van der Waals surface area contributed by atoms with Crippen molar-refractivity contribution in [1.82, 2.24) is 4.90 Å². The molecule has 0 aromatic heterocycles. The van der Waals surface area contributed by atoms with E-state index in [-0.39, 0.29) is 0 Å². The summed E-state index contributed by atoms with van der Waals surface area (Å²) in [6.45, 7) is 8.54. The van der Waals surface area contributed by atoms with Gasteiger partial charge in [-0.15, -0.1) is 0 Å². The molecule has 2 nitrogen and oxygen atoms in total. The number of nitrogens with zero attached hydrogens (tertiary/aromatic N) is 1. The van der Waals surface area contributed by atoms with Crippen molar-refractivity contribution in [2.45, 2.75) is 58.6 Å². The van der Waals surface area contributed by atoms with Crippen LogP contribution in [0.2, 0.25) is 0 Å². The standard InChI is InChI=1S/C11H23NO/c1-4-6-11-7-5-8-12(11)9-13-10(2)3/h10-11H,4-9H2,1-3H3. The number of rotatable bonds is 5. The van der Waals surface area contributed by atoms with Crippen LogP contribution in [0.25, 0.3) is 0 Å². The van der Waals surface area contributed by atoms with Gasteiger partial charge in [0.05, 0.1) is 12.8 Å². The first-order chi connectivity index (χ1) is 6.24. The monoisotopic (exact) mass is 185 g/mol. The van der Waals surface area contributed by atoms with Crippen molar-refractivity contribution in [3.63, 3.8) is 0 Å². The third-order valence-corrected chi connectivity index (χ3v) is 2.69. The van der Waals surface area contributed by atoms with Crippen molar-refractivity contribution in [3.8, 4) is 0 Å². The summed E-state index contributed by atoms with van der Waals surface area (Å²) < 4.78 is 5.63. The van der Waals surface area contributed by atoms with Crippen LogP contribution in [-0.4, -0.2) is 30.3 Å². The van der Waals surface area contributed by atoms with Gasteiger partial charge in [-0.25, -0.2) is 0 Å². The Morgan fingerprint density at radius 3 is 2.85 bits per heavy atom. The second-order valence-electron chi connectivity index (χ2n) is 4.24. The molecule has 0 saturated carbocycles. The van der Waals surface area contributed by atoms with Crippen LogP contribution in [0.1, 0.15) is 46.5 Å². The van der Waals surface area contributed by atoms with Crippen LogP contribution >= 0.6 is 0 Å². The van der Waals surface area contributed by atoms with Crippen LogP contribution in [0.15, 0.2) is 0 Å². The van der Waals surface area contributed by atoms with Crippen LogP contribution in [0.5, 0.6) is 0 Å². The van der Waals surface area contributed by atoms with Gasteiger partial charge in [0.2, 0.25) is 0 Å². The summed E-state index contributed by atoms with van der Waals surface area (Å²) in [5.74, 6) is 0. The van der Waals surface area contributed by atoms with E-state index in [0.29, 0.717) is 6.10 Å². The van der Waals surface area contributed by atoms with Gasteiger partial charge < -0.3 is 4.74 Å². The molecule has 1 aliphatic rings. The van der Waals surface area contributed by atoms with Crippen molar-refractivity contribution in [2.75, 3.05) is 13.3 Å². The predicted octanol–water partition coefficient (Wildman–Crippen LogP) is 2.63. The van der Waals surface area contributed by atoms with Crippen LogP contribution in [0, 0.1) is 0 Å². The van der Waals surface area contributed by atoms with Crippen LogP contribution in [-0.2, 0) is 4.74 Å². The van der Waals surface area contributed by atoms with E-state index in [4.69, 9.17) is 4.74 Å². The summed E-state index contributed by atoms with van der Waals surface area (Å²) in [5, 5.41) is 0. The molecule has 0 amide bonds. The molecular weight excluding hydrogens is 162 g/mol. The molecule has 1 atom stereocenters. The van der Waals surface area contributed by atoms with Gasteiger partial charge in [-0.05, 0) is 33.1 Å². The van der Waals surface area contributed by atoms with Crippen LogP contribution in [0.4, 0.5) is 0 Å². The lowest BCUT2D eigenvalue weighted by atomic mass is 10.1. The normalized spacial score (nSPS) is 24.5. The summed E-state index contributed by atoms with van der Waals surface area (Å²) in [7, 11) is 0. The molecule has 1 saturated heterocycles. The van der Waals surface area contributed by atoms with Crippen molar-refractivity contribution in [3.05, 3.63) is 0 Å². The number of hydrogen-bond donors (Lipinski definition) is 0. The fraction of sp³-hybridized carbons (Fsp3) is 1.00. The van der Waals surface area contributed by atoms with Crippen molar-refractivity contribution in [2.24, 2.45) is 0 Å². The molecule has 0 aliphatic carbocycles. The zero-order valence-electron chi connectivity index (χ0n) is 9.25. The van der Waals surface area contributed by atoms with E-state index in [9.17, 15) is 0 Å². The number of likely N-dealkylation sites (tertiary alicyclic amines) is 1. The molecule has 13 heavy (non-hydrogen) atoms. The van der Waals surface area contributed by atoms with E-state index in [0.717, 1.165) is 12.8 Å². The Balaban J connectivity index is 2.22. The minimum Gasteiger partial charge on any atom is -0.363 e. The van der Waals surface area contributed by atoms with E-state index in [2.05, 4.69) is 25.7 Å². The Morgan fingerprint density at radius 1 is 1.46 bits per heavy atom. The van der Waals surface area contributed by atoms with Crippen LogP contribution in [0.3, 0.4) is 0 Å². The van der Waals surface area contributed by atoms with Gasteiger partial charge in [0, 0.05) is 12.6 Å². The Bertz CT molecular complexity index is 136. The molecule has 0 bridgehead atoms. The number of hydrogen-bond acceptors (Lipinski definition) is 2. The highest BCUT2D eigenvalue weighted by atomic mass is 16.5. The Kier molecular flexibility index (Phi) is 4.74. The SMILES string of the molecule is CCCC1CCCN1COC(C)C. The average molecular weight is 185 g/mol. The highest BCUT2D eigenvalue weighted by Gasteiger charge is 2.23. The minimum atomic E-state index is 0.364. The summed E-state index contributed by atoms with van der Waals surface area (Å²) in [5.41, 5.74) is 0.